The molecule has 0 atom stereocenters. The number of benzene rings is 2. The zero-order valence-electron chi connectivity index (χ0n) is 12.1. The Bertz CT molecular complexity index is 700. The molecule has 2 aliphatic rings. The Morgan fingerprint density at radius 3 is 2.67 bits per heavy atom. The minimum Gasteiger partial charge on any atom is -0.352 e. The average Bonchev–Trinajstić information content (AvgIpc) is 2.46. The van der Waals surface area contributed by atoms with Gasteiger partial charge >= 0.3 is 0 Å². The monoisotopic (exact) mass is 277 g/mol. The van der Waals surface area contributed by atoms with Gasteiger partial charge in [-0.05, 0) is 53.5 Å². The van der Waals surface area contributed by atoms with Gasteiger partial charge in [0, 0.05) is 12.1 Å². The van der Waals surface area contributed by atoms with Crippen molar-refractivity contribution < 1.29 is 4.79 Å². The molecule has 0 radical (unpaired) electrons. The normalized spacial score (nSPS) is 17.8. The highest BCUT2D eigenvalue weighted by Gasteiger charge is 2.23. The van der Waals surface area contributed by atoms with Crippen LogP contribution in [0.1, 0.15) is 46.7 Å². The van der Waals surface area contributed by atoms with Gasteiger partial charge in [-0.15, -0.1) is 0 Å². The van der Waals surface area contributed by atoms with Crippen LogP contribution in [0.5, 0.6) is 0 Å². The summed E-state index contributed by atoms with van der Waals surface area (Å²) in [6.07, 6.45) is 4.86. The van der Waals surface area contributed by atoms with E-state index in [-0.39, 0.29) is 5.91 Å². The van der Waals surface area contributed by atoms with Crippen molar-refractivity contribution in [1.29, 1.82) is 0 Å². The van der Waals surface area contributed by atoms with Gasteiger partial charge in [0.1, 0.15) is 0 Å². The van der Waals surface area contributed by atoms with Crippen molar-refractivity contribution in [1.82, 2.24) is 5.32 Å². The molecule has 0 unspecified atom stereocenters. The Labute approximate surface area is 125 Å². The van der Waals surface area contributed by atoms with Gasteiger partial charge in [0.15, 0.2) is 0 Å². The van der Waals surface area contributed by atoms with Crippen molar-refractivity contribution in [2.75, 3.05) is 6.54 Å². The van der Waals surface area contributed by atoms with Gasteiger partial charge in [0.25, 0.3) is 5.91 Å². The van der Waals surface area contributed by atoms with Crippen molar-refractivity contribution in [3.63, 3.8) is 0 Å². The summed E-state index contributed by atoms with van der Waals surface area (Å²) >= 11 is 0. The Morgan fingerprint density at radius 1 is 1.00 bits per heavy atom. The fourth-order valence-corrected chi connectivity index (χ4v) is 3.41. The number of amides is 1. The minimum atomic E-state index is 0.0687. The predicted octanol–water partition coefficient (Wildman–Crippen LogP) is 3.91. The Kier molecular flexibility index (Phi) is 3.03. The third-order valence-electron chi connectivity index (χ3n) is 4.85. The number of hydrogen-bond donors (Lipinski definition) is 1. The minimum absolute atomic E-state index is 0.0687. The van der Waals surface area contributed by atoms with E-state index < -0.39 is 0 Å². The molecule has 1 amide bonds. The highest BCUT2D eigenvalue weighted by molar-refractivity contribution is 5.98. The van der Waals surface area contributed by atoms with Crippen LogP contribution in [0.15, 0.2) is 42.5 Å². The van der Waals surface area contributed by atoms with Gasteiger partial charge < -0.3 is 5.32 Å². The van der Waals surface area contributed by atoms with E-state index in [1.54, 1.807) is 0 Å². The van der Waals surface area contributed by atoms with E-state index in [1.165, 1.54) is 41.5 Å². The average molecular weight is 277 g/mol. The number of fused-ring (bicyclic) bond motifs is 1. The van der Waals surface area contributed by atoms with Gasteiger partial charge in [-0.25, -0.2) is 0 Å². The first-order valence-corrected chi connectivity index (χ1v) is 7.83. The second-order valence-electron chi connectivity index (χ2n) is 6.09. The van der Waals surface area contributed by atoms with E-state index in [4.69, 9.17) is 0 Å². The molecular formula is C19H19NO. The summed E-state index contributed by atoms with van der Waals surface area (Å²) in [5.41, 5.74) is 5.93. The number of hydrogen-bond acceptors (Lipinski definition) is 1. The van der Waals surface area contributed by atoms with Gasteiger partial charge in [-0.1, -0.05) is 42.8 Å². The maximum absolute atomic E-state index is 12.0. The van der Waals surface area contributed by atoms with Crippen molar-refractivity contribution in [2.45, 2.75) is 31.6 Å². The molecule has 1 N–H and O–H groups in total. The molecule has 2 nitrogen and oxygen atoms in total. The molecule has 0 bridgehead atoms. The van der Waals surface area contributed by atoms with Crippen LogP contribution in [-0.4, -0.2) is 12.5 Å². The molecule has 1 aliphatic heterocycles. The Balaban J connectivity index is 1.80. The van der Waals surface area contributed by atoms with Crippen LogP contribution >= 0.6 is 0 Å². The van der Waals surface area contributed by atoms with Crippen LogP contribution in [0, 0.1) is 0 Å². The highest BCUT2D eigenvalue weighted by atomic mass is 16.1. The summed E-state index contributed by atoms with van der Waals surface area (Å²) in [6.45, 7) is 0.754. The summed E-state index contributed by atoms with van der Waals surface area (Å²) in [5.74, 6) is 0.769. The smallest absolute Gasteiger partial charge is 0.251 e. The first-order valence-electron chi connectivity index (χ1n) is 7.83. The molecule has 1 heterocycles. The Morgan fingerprint density at radius 2 is 1.86 bits per heavy atom. The van der Waals surface area contributed by atoms with Crippen LogP contribution in [0.4, 0.5) is 0 Å². The maximum atomic E-state index is 12.0. The molecule has 1 fully saturated rings. The lowest BCUT2D eigenvalue weighted by Gasteiger charge is -2.28. The highest BCUT2D eigenvalue weighted by Crippen LogP contribution is 2.41. The lowest BCUT2D eigenvalue weighted by molar-refractivity contribution is 0.0946. The van der Waals surface area contributed by atoms with Crippen LogP contribution in [0.25, 0.3) is 11.1 Å². The zero-order valence-corrected chi connectivity index (χ0v) is 12.1. The lowest BCUT2D eigenvalue weighted by Crippen LogP contribution is -2.31. The van der Waals surface area contributed by atoms with Gasteiger partial charge in [-0.3, -0.25) is 4.79 Å². The molecule has 2 aromatic carbocycles. The topological polar surface area (TPSA) is 29.1 Å². The molecule has 1 saturated carbocycles. The van der Waals surface area contributed by atoms with E-state index in [0.29, 0.717) is 5.92 Å². The lowest BCUT2D eigenvalue weighted by atomic mass is 9.77. The van der Waals surface area contributed by atoms with Gasteiger partial charge in [0.05, 0.1) is 0 Å². The molecule has 2 aromatic rings. The number of nitrogens with one attached hydrogen (secondary N) is 1. The van der Waals surface area contributed by atoms with Crippen molar-refractivity contribution >= 4 is 5.91 Å². The van der Waals surface area contributed by atoms with Crippen molar-refractivity contribution in [3.8, 4) is 11.1 Å². The van der Waals surface area contributed by atoms with E-state index in [2.05, 4.69) is 47.8 Å². The second kappa shape index (κ2) is 5.03. The van der Waals surface area contributed by atoms with E-state index >= 15 is 0 Å². The van der Waals surface area contributed by atoms with E-state index in [1.807, 2.05) is 0 Å². The first kappa shape index (κ1) is 12.6. The molecule has 4 rings (SSSR count). The third kappa shape index (κ3) is 2.15. The Hall–Kier alpha value is -2.09. The summed E-state index contributed by atoms with van der Waals surface area (Å²) in [7, 11) is 0. The summed E-state index contributed by atoms with van der Waals surface area (Å²) in [6, 6.07) is 15.0. The molecule has 2 heteroatoms. The fraction of sp³-hybridized carbons (Fsp3) is 0.316. The van der Waals surface area contributed by atoms with Gasteiger partial charge in [-0.2, -0.15) is 0 Å². The molecular weight excluding hydrogens is 258 g/mol. The molecule has 0 saturated heterocycles. The van der Waals surface area contributed by atoms with E-state index in [0.717, 1.165) is 18.5 Å². The van der Waals surface area contributed by atoms with Gasteiger partial charge in [0.2, 0.25) is 0 Å². The molecule has 106 valence electrons. The third-order valence-corrected chi connectivity index (χ3v) is 4.85. The van der Waals surface area contributed by atoms with Crippen molar-refractivity contribution in [2.24, 2.45) is 0 Å². The molecule has 1 aliphatic carbocycles. The van der Waals surface area contributed by atoms with Crippen LogP contribution in [-0.2, 0) is 6.42 Å². The van der Waals surface area contributed by atoms with Crippen LogP contribution in [0.3, 0.4) is 0 Å². The van der Waals surface area contributed by atoms with E-state index in [9.17, 15) is 4.79 Å². The van der Waals surface area contributed by atoms with Crippen molar-refractivity contribution in [3.05, 3.63) is 59.2 Å². The largest absolute Gasteiger partial charge is 0.352 e. The maximum Gasteiger partial charge on any atom is 0.251 e. The number of carbonyl (C=O) groups is 1. The standard InChI is InChI=1S/C19H19NO/c21-19-18-12-15(9-8-14(18)10-11-20-19)17-7-2-1-6-16(17)13-4-3-5-13/h1-2,6-9,12-13H,3-5,10-11H2,(H,20,21). The molecule has 21 heavy (non-hydrogen) atoms. The molecule has 0 spiro atoms. The van der Waals surface area contributed by atoms with Crippen LogP contribution < -0.4 is 5.32 Å². The summed E-state index contributed by atoms with van der Waals surface area (Å²) in [5, 5.41) is 2.94. The van der Waals surface area contributed by atoms with Crippen LogP contribution in [0.2, 0.25) is 0 Å². The summed E-state index contributed by atoms with van der Waals surface area (Å²) in [4.78, 5) is 12.0. The number of carbonyl (C=O) groups excluding carboxylic acids is 1. The SMILES string of the molecule is O=C1NCCc2ccc(-c3ccccc3C3CCC3)cc21. The summed E-state index contributed by atoms with van der Waals surface area (Å²) < 4.78 is 0. The number of rotatable bonds is 2. The quantitative estimate of drug-likeness (QED) is 0.886. The predicted molar refractivity (Wildman–Crippen MR) is 84.5 cm³/mol. The zero-order chi connectivity index (χ0) is 14.2. The first-order chi connectivity index (χ1) is 10.3. The molecule has 0 aromatic heterocycles. The fourth-order valence-electron chi connectivity index (χ4n) is 3.41. The second-order valence-corrected chi connectivity index (χ2v) is 6.09.